The number of allylic oxidation sites excluding steroid dienone is 4. The average Bonchev–Trinajstić information content (AvgIpc) is 3.03. The van der Waals surface area contributed by atoms with E-state index in [9.17, 15) is 5.11 Å². The summed E-state index contributed by atoms with van der Waals surface area (Å²) in [6.07, 6.45) is 17.8. The molecule has 0 aromatic heterocycles. The lowest BCUT2D eigenvalue weighted by Gasteiger charge is -2.57. The fourth-order valence-corrected chi connectivity index (χ4v) is 8.10. The van der Waals surface area contributed by atoms with Crippen LogP contribution in [0.1, 0.15) is 92.9 Å². The topological polar surface area (TPSA) is 20.2 Å². The van der Waals surface area contributed by atoms with Gasteiger partial charge in [-0.1, -0.05) is 65.3 Å². The van der Waals surface area contributed by atoms with Crippen molar-refractivity contribution in [2.45, 2.75) is 99.0 Å². The fraction of sp³-hybridized carbons (Fsp3) is 0.857. The summed E-state index contributed by atoms with van der Waals surface area (Å²) in [5.74, 6) is 5.25. The van der Waals surface area contributed by atoms with E-state index in [1.54, 1.807) is 0 Å². The Morgan fingerprint density at radius 1 is 0.931 bits per heavy atom. The number of rotatable bonds is 4. The molecule has 0 amide bonds. The van der Waals surface area contributed by atoms with Crippen LogP contribution < -0.4 is 0 Å². The second-order valence-corrected chi connectivity index (χ2v) is 12.3. The molecule has 29 heavy (non-hydrogen) atoms. The summed E-state index contributed by atoms with van der Waals surface area (Å²) in [6.45, 7) is 14.7. The van der Waals surface area contributed by atoms with Crippen molar-refractivity contribution in [3.05, 3.63) is 23.8 Å². The average molecular weight is 399 g/mol. The summed E-state index contributed by atoms with van der Waals surface area (Å²) in [5.41, 5.74) is 2.79. The largest absolute Gasteiger partial charge is 0.393 e. The fourth-order valence-electron chi connectivity index (χ4n) is 8.10. The molecule has 3 saturated carbocycles. The van der Waals surface area contributed by atoms with Gasteiger partial charge >= 0.3 is 0 Å². The van der Waals surface area contributed by atoms with Gasteiger partial charge in [0.25, 0.3) is 0 Å². The van der Waals surface area contributed by atoms with Crippen LogP contribution in [-0.2, 0) is 0 Å². The van der Waals surface area contributed by atoms with Gasteiger partial charge in [-0.05, 0) is 104 Å². The van der Waals surface area contributed by atoms with Crippen molar-refractivity contribution in [2.75, 3.05) is 0 Å². The Kier molecular flexibility index (Phi) is 5.86. The number of aliphatic hydroxyl groups is 1. The maximum atomic E-state index is 10.2. The van der Waals surface area contributed by atoms with Gasteiger partial charge in [0, 0.05) is 0 Å². The SMILES string of the molecule is CC(C)C(C)/C=C/C(C)[C@H]1CCC2C3=CC[C@H]4C[C@@H](O)CC[C@]4(C)C3CC[C@@]21C. The van der Waals surface area contributed by atoms with E-state index in [0.717, 1.165) is 36.5 Å². The van der Waals surface area contributed by atoms with Crippen LogP contribution in [0.5, 0.6) is 0 Å². The van der Waals surface area contributed by atoms with Gasteiger partial charge in [-0.15, -0.1) is 0 Å². The standard InChI is InChI=1S/C28H46O/c1-18(2)19(3)7-8-20(4)24-11-12-25-23-10-9-21-17-22(29)13-15-27(21,5)26(23)14-16-28(24,25)6/h7-8,10,18-22,24-26,29H,9,11-17H2,1-6H3/b8-7+/t19?,20?,21-,22-,24+,25?,26?,27-,28+/m0/s1. The van der Waals surface area contributed by atoms with Gasteiger partial charge in [0.2, 0.25) is 0 Å². The summed E-state index contributed by atoms with van der Waals surface area (Å²) in [5, 5.41) is 10.2. The molecule has 0 saturated heterocycles. The maximum Gasteiger partial charge on any atom is 0.0543 e. The monoisotopic (exact) mass is 398 g/mol. The molecule has 0 bridgehead atoms. The zero-order valence-corrected chi connectivity index (χ0v) is 20.0. The molecule has 164 valence electrons. The number of hydrogen-bond acceptors (Lipinski definition) is 1. The van der Waals surface area contributed by atoms with E-state index >= 15 is 0 Å². The van der Waals surface area contributed by atoms with E-state index in [1.807, 2.05) is 5.57 Å². The van der Waals surface area contributed by atoms with Crippen LogP contribution in [0.3, 0.4) is 0 Å². The normalized spacial score (nSPS) is 46.8. The summed E-state index contributed by atoms with van der Waals surface area (Å²) in [4.78, 5) is 0. The van der Waals surface area contributed by atoms with Gasteiger partial charge in [-0.2, -0.15) is 0 Å². The van der Waals surface area contributed by atoms with Crippen molar-refractivity contribution < 1.29 is 5.11 Å². The van der Waals surface area contributed by atoms with Crippen LogP contribution in [-0.4, -0.2) is 11.2 Å². The molecule has 4 unspecified atom stereocenters. The van der Waals surface area contributed by atoms with E-state index in [2.05, 4.69) is 59.8 Å². The van der Waals surface area contributed by atoms with E-state index in [1.165, 1.54) is 38.5 Å². The molecule has 0 radical (unpaired) electrons. The van der Waals surface area contributed by atoms with Crippen LogP contribution in [0.4, 0.5) is 0 Å². The Labute approximate surface area is 180 Å². The van der Waals surface area contributed by atoms with Gasteiger partial charge in [-0.3, -0.25) is 0 Å². The van der Waals surface area contributed by atoms with Crippen LogP contribution in [0, 0.1) is 52.3 Å². The highest BCUT2D eigenvalue weighted by molar-refractivity contribution is 5.28. The first-order chi connectivity index (χ1) is 13.7. The molecule has 4 aliphatic rings. The van der Waals surface area contributed by atoms with Gasteiger partial charge in [0.05, 0.1) is 6.10 Å². The molecule has 4 aliphatic carbocycles. The van der Waals surface area contributed by atoms with Crippen LogP contribution in [0.25, 0.3) is 0 Å². The first-order valence-electron chi connectivity index (χ1n) is 12.7. The third-order valence-electron chi connectivity index (χ3n) is 10.5. The molecular formula is C28H46O. The maximum absolute atomic E-state index is 10.2. The smallest absolute Gasteiger partial charge is 0.0543 e. The van der Waals surface area contributed by atoms with Crippen LogP contribution in [0.2, 0.25) is 0 Å². The molecule has 1 heteroatoms. The van der Waals surface area contributed by atoms with Crippen molar-refractivity contribution in [1.29, 1.82) is 0 Å². The van der Waals surface area contributed by atoms with Crippen molar-refractivity contribution in [2.24, 2.45) is 52.3 Å². The Morgan fingerprint density at radius 2 is 1.62 bits per heavy atom. The lowest BCUT2D eigenvalue weighted by molar-refractivity contribution is -0.0414. The minimum Gasteiger partial charge on any atom is -0.393 e. The lowest BCUT2D eigenvalue weighted by Crippen LogP contribution is -2.49. The quantitative estimate of drug-likeness (QED) is 0.489. The predicted octanol–water partition coefficient (Wildman–Crippen LogP) is 7.41. The van der Waals surface area contributed by atoms with Gasteiger partial charge in [0.15, 0.2) is 0 Å². The highest BCUT2D eigenvalue weighted by Gasteiger charge is 2.57. The lowest BCUT2D eigenvalue weighted by atomic mass is 9.47. The van der Waals surface area contributed by atoms with E-state index in [0.29, 0.717) is 28.6 Å². The molecular weight excluding hydrogens is 352 g/mol. The summed E-state index contributed by atoms with van der Waals surface area (Å²) < 4.78 is 0. The molecule has 0 aliphatic heterocycles. The van der Waals surface area contributed by atoms with Crippen LogP contribution >= 0.6 is 0 Å². The summed E-state index contributed by atoms with van der Waals surface area (Å²) in [7, 11) is 0. The van der Waals surface area contributed by atoms with Crippen molar-refractivity contribution >= 4 is 0 Å². The van der Waals surface area contributed by atoms with E-state index in [4.69, 9.17) is 0 Å². The Hall–Kier alpha value is -0.560. The third kappa shape index (κ3) is 3.58. The molecule has 0 spiro atoms. The molecule has 1 N–H and O–H groups in total. The molecule has 0 aromatic rings. The molecule has 1 nitrogen and oxygen atoms in total. The first kappa shape index (κ1) is 21.7. The van der Waals surface area contributed by atoms with E-state index < -0.39 is 0 Å². The molecule has 3 fully saturated rings. The van der Waals surface area contributed by atoms with Gasteiger partial charge < -0.3 is 5.11 Å². The Morgan fingerprint density at radius 3 is 2.34 bits per heavy atom. The molecule has 0 heterocycles. The Bertz CT molecular complexity index is 659. The predicted molar refractivity (Wildman–Crippen MR) is 124 cm³/mol. The zero-order chi connectivity index (χ0) is 21.0. The molecule has 9 atom stereocenters. The Balaban J connectivity index is 1.54. The van der Waals surface area contributed by atoms with Gasteiger partial charge in [0.1, 0.15) is 0 Å². The first-order valence-corrected chi connectivity index (χ1v) is 12.7. The zero-order valence-electron chi connectivity index (χ0n) is 20.0. The van der Waals surface area contributed by atoms with Gasteiger partial charge in [-0.25, -0.2) is 0 Å². The van der Waals surface area contributed by atoms with Crippen molar-refractivity contribution in [3.63, 3.8) is 0 Å². The summed E-state index contributed by atoms with van der Waals surface area (Å²) >= 11 is 0. The second kappa shape index (κ2) is 7.85. The minimum absolute atomic E-state index is 0.0476. The number of hydrogen-bond donors (Lipinski definition) is 1. The summed E-state index contributed by atoms with van der Waals surface area (Å²) in [6, 6.07) is 0. The molecule has 4 rings (SSSR count). The highest BCUT2D eigenvalue weighted by atomic mass is 16.3. The van der Waals surface area contributed by atoms with Crippen molar-refractivity contribution in [1.82, 2.24) is 0 Å². The molecule has 0 aromatic carbocycles. The van der Waals surface area contributed by atoms with Crippen molar-refractivity contribution in [3.8, 4) is 0 Å². The highest BCUT2D eigenvalue weighted by Crippen LogP contribution is 2.66. The third-order valence-corrected chi connectivity index (χ3v) is 10.5. The number of aliphatic hydroxyl groups excluding tert-OH is 1. The second-order valence-electron chi connectivity index (χ2n) is 12.3. The van der Waals surface area contributed by atoms with Crippen LogP contribution in [0.15, 0.2) is 23.8 Å². The minimum atomic E-state index is -0.0476. The van der Waals surface area contributed by atoms with E-state index in [-0.39, 0.29) is 6.10 Å². The number of fused-ring (bicyclic) bond motifs is 5.